The number of ether oxygens (including phenoxy) is 1. The van der Waals surface area contributed by atoms with E-state index in [0.717, 1.165) is 44.4 Å². The Morgan fingerprint density at radius 3 is 2.69 bits per heavy atom. The van der Waals surface area contributed by atoms with Gasteiger partial charge in [0.15, 0.2) is 0 Å². The van der Waals surface area contributed by atoms with Gasteiger partial charge >= 0.3 is 0 Å². The van der Waals surface area contributed by atoms with Gasteiger partial charge in [-0.05, 0) is 55.2 Å². The number of carbonyl (C=O) groups excluding carboxylic acids is 1. The van der Waals surface area contributed by atoms with Crippen LogP contribution in [0.15, 0.2) is 54.6 Å². The molecule has 1 aliphatic heterocycles. The molecular weight excluding hydrogens is 322 g/mol. The van der Waals surface area contributed by atoms with Crippen LogP contribution in [0.3, 0.4) is 0 Å². The Labute approximate surface area is 156 Å². The van der Waals surface area contributed by atoms with Gasteiger partial charge < -0.3 is 9.64 Å². The fraction of sp³-hybridized carbons (Fsp3) is 0.435. The summed E-state index contributed by atoms with van der Waals surface area (Å²) in [6.45, 7) is 1.47. The van der Waals surface area contributed by atoms with Crippen molar-refractivity contribution in [2.75, 3.05) is 18.6 Å². The highest BCUT2D eigenvalue weighted by Crippen LogP contribution is 2.54. The number of nitrogens with zero attached hydrogens (tertiary/aromatic N) is 1. The van der Waals surface area contributed by atoms with E-state index < -0.39 is 0 Å². The Morgan fingerprint density at radius 1 is 1.12 bits per heavy atom. The molecule has 1 amide bonds. The second-order valence-corrected chi connectivity index (χ2v) is 7.72. The highest BCUT2D eigenvalue weighted by Gasteiger charge is 2.54. The summed E-state index contributed by atoms with van der Waals surface area (Å²) in [5.41, 5.74) is 3.24. The first-order chi connectivity index (χ1) is 12.7. The molecule has 3 nitrogen and oxygen atoms in total. The lowest BCUT2D eigenvalue weighted by Gasteiger charge is -2.24. The molecule has 1 saturated carbocycles. The molecule has 3 heteroatoms. The van der Waals surface area contributed by atoms with Crippen LogP contribution in [-0.4, -0.2) is 19.6 Å². The Bertz CT molecular complexity index is 773. The molecule has 1 heterocycles. The van der Waals surface area contributed by atoms with Crippen molar-refractivity contribution in [3.63, 3.8) is 0 Å². The van der Waals surface area contributed by atoms with Crippen molar-refractivity contribution >= 4 is 11.6 Å². The van der Waals surface area contributed by atoms with Crippen LogP contribution in [0.2, 0.25) is 0 Å². The van der Waals surface area contributed by atoms with Crippen molar-refractivity contribution in [2.24, 2.45) is 5.92 Å². The number of benzene rings is 2. The van der Waals surface area contributed by atoms with Crippen LogP contribution in [0, 0.1) is 5.92 Å². The minimum atomic E-state index is -0.302. The molecule has 0 unspecified atom stereocenters. The minimum absolute atomic E-state index is 0.302. The average molecular weight is 349 g/mol. The SMILES string of the molecule is COCCC[C@@H]1CC[C@]2(C1)C(=O)N(Cc1ccccc1)c1ccccc12. The molecule has 0 aromatic heterocycles. The topological polar surface area (TPSA) is 29.5 Å². The highest BCUT2D eigenvalue weighted by atomic mass is 16.5. The maximum Gasteiger partial charge on any atom is 0.238 e. The predicted octanol–water partition coefficient (Wildman–Crippen LogP) is 4.70. The van der Waals surface area contributed by atoms with Gasteiger partial charge in [0.2, 0.25) is 5.91 Å². The lowest BCUT2D eigenvalue weighted by Crippen LogP contribution is -2.38. The number of fused-ring (bicyclic) bond motifs is 2. The number of anilines is 1. The first-order valence-corrected chi connectivity index (χ1v) is 9.69. The van der Waals surface area contributed by atoms with E-state index in [1.807, 2.05) is 29.2 Å². The number of para-hydroxylation sites is 1. The molecule has 4 rings (SSSR count). The Kier molecular flexibility index (Phi) is 4.82. The molecule has 2 aromatic carbocycles. The van der Waals surface area contributed by atoms with E-state index in [4.69, 9.17) is 4.74 Å². The fourth-order valence-corrected chi connectivity index (χ4v) is 4.87. The van der Waals surface area contributed by atoms with E-state index in [0.29, 0.717) is 18.4 Å². The molecule has 0 N–H and O–H groups in total. The first kappa shape index (κ1) is 17.3. The lowest BCUT2D eigenvalue weighted by atomic mass is 9.79. The monoisotopic (exact) mass is 349 g/mol. The fourth-order valence-electron chi connectivity index (χ4n) is 4.87. The molecule has 2 aliphatic rings. The molecule has 0 radical (unpaired) electrons. The van der Waals surface area contributed by atoms with E-state index in [2.05, 4.69) is 30.3 Å². The zero-order valence-corrected chi connectivity index (χ0v) is 15.5. The molecule has 1 spiro atoms. The summed E-state index contributed by atoms with van der Waals surface area (Å²) in [5.74, 6) is 0.927. The standard InChI is InChI=1S/C23H27NO2/c1-26-15-7-10-18-13-14-23(16-18)20-11-5-6-12-21(20)24(22(23)25)17-19-8-3-2-4-9-19/h2-6,8-9,11-12,18H,7,10,13-17H2,1H3/t18-,23-/m1/s1. The summed E-state index contributed by atoms with van der Waals surface area (Å²) < 4.78 is 5.20. The van der Waals surface area contributed by atoms with E-state index in [1.165, 1.54) is 11.1 Å². The van der Waals surface area contributed by atoms with Gasteiger partial charge in [0.1, 0.15) is 0 Å². The number of hydrogen-bond donors (Lipinski definition) is 0. The van der Waals surface area contributed by atoms with Crippen LogP contribution in [0.25, 0.3) is 0 Å². The molecule has 2 atom stereocenters. The molecule has 1 fully saturated rings. The third-order valence-electron chi connectivity index (χ3n) is 6.13. The van der Waals surface area contributed by atoms with Crippen molar-refractivity contribution in [1.82, 2.24) is 0 Å². The van der Waals surface area contributed by atoms with Crippen molar-refractivity contribution < 1.29 is 9.53 Å². The van der Waals surface area contributed by atoms with Crippen LogP contribution in [0.1, 0.15) is 43.2 Å². The van der Waals surface area contributed by atoms with Crippen molar-refractivity contribution in [2.45, 2.75) is 44.1 Å². The van der Waals surface area contributed by atoms with Gasteiger partial charge in [0.05, 0.1) is 12.0 Å². The van der Waals surface area contributed by atoms with Gasteiger partial charge in [0.25, 0.3) is 0 Å². The zero-order chi connectivity index (χ0) is 18.0. The van der Waals surface area contributed by atoms with Gasteiger partial charge in [-0.25, -0.2) is 0 Å². The van der Waals surface area contributed by atoms with Crippen LogP contribution in [0.5, 0.6) is 0 Å². The maximum absolute atomic E-state index is 13.6. The van der Waals surface area contributed by atoms with Crippen LogP contribution >= 0.6 is 0 Å². The van der Waals surface area contributed by atoms with Crippen molar-refractivity contribution in [3.05, 3.63) is 65.7 Å². The number of rotatable bonds is 6. The number of hydrogen-bond acceptors (Lipinski definition) is 2. The molecular formula is C23H27NO2. The lowest BCUT2D eigenvalue weighted by molar-refractivity contribution is -0.123. The van der Waals surface area contributed by atoms with Crippen LogP contribution in [-0.2, 0) is 21.5 Å². The Hall–Kier alpha value is -2.13. The summed E-state index contributed by atoms with van der Waals surface area (Å²) in [6, 6.07) is 18.7. The second kappa shape index (κ2) is 7.24. The van der Waals surface area contributed by atoms with Gasteiger partial charge in [0, 0.05) is 19.4 Å². The maximum atomic E-state index is 13.6. The normalized spacial score (nSPS) is 24.4. The van der Waals surface area contributed by atoms with Crippen molar-refractivity contribution in [3.8, 4) is 0 Å². The largest absolute Gasteiger partial charge is 0.385 e. The van der Waals surface area contributed by atoms with Gasteiger partial charge in [-0.3, -0.25) is 4.79 Å². The quantitative estimate of drug-likeness (QED) is 0.708. The molecule has 26 heavy (non-hydrogen) atoms. The molecule has 136 valence electrons. The van der Waals surface area contributed by atoms with Crippen molar-refractivity contribution in [1.29, 1.82) is 0 Å². The van der Waals surface area contributed by atoms with Gasteiger partial charge in [-0.1, -0.05) is 48.5 Å². The third-order valence-corrected chi connectivity index (χ3v) is 6.13. The van der Waals surface area contributed by atoms with E-state index in [-0.39, 0.29) is 5.41 Å². The summed E-state index contributed by atoms with van der Waals surface area (Å²) in [7, 11) is 1.76. The summed E-state index contributed by atoms with van der Waals surface area (Å²) in [4.78, 5) is 15.6. The minimum Gasteiger partial charge on any atom is -0.385 e. The zero-order valence-electron chi connectivity index (χ0n) is 15.5. The Balaban J connectivity index is 1.60. The van der Waals surface area contributed by atoms with E-state index in [9.17, 15) is 4.79 Å². The summed E-state index contributed by atoms with van der Waals surface area (Å²) >= 11 is 0. The average Bonchev–Trinajstić information content (AvgIpc) is 3.20. The second-order valence-electron chi connectivity index (χ2n) is 7.72. The number of methoxy groups -OCH3 is 1. The van der Waals surface area contributed by atoms with Gasteiger partial charge in [-0.2, -0.15) is 0 Å². The summed E-state index contributed by atoms with van der Waals surface area (Å²) in [5, 5.41) is 0. The van der Waals surface area contributed by atoms with Gasteiger partial charge in [-0.15, -0.1) is 0 Å². The van der Waals surface area contributed by atoms with Crippen LogP contribution < -0.4 is 4.90 Å². The van der Waals surface area contributed by atoms with Crippen LogP contribution in [0.4, 0.5) is 5.69 Å². The Morgan fingerprint density at radius 2 is 1.88 bits per heavy atom. The van der Waals surface area contributed by atoms with E-state index in [1.54, 1.807) is 7.11 Å². The molecule has 0 saturated heterocycles. The summed E-state index contributed by atoms with van der Waals surface area (Å²) in [6.07, 6.45) is 5.34. The highest BCUT2D eigenvalue weighted by molar-refractivity contribution is 6.08. The third kappa shape index (κ3) is 2.95. The smallest absolute Gasteiger partial charge is 0.238 e. The molecule has 0 bridgehead atoms. The predicted molar refractivity (Wildman–Crippen MR) is 104 cm³/mol. The number of amides is 1. The number of carbonyl (C=O) groups is 1. The van der Waals surface area contributed by atoms with E-state index >= 15 is 0 Å². The molecule has 2 aromatic rings. The first-order valence-electron chi connectivity index (χ1n) is 9.69. The molecule has 1 aliphatic carbocycles.